The summed E-state index contributed by atoms with van der Waals surface area (Å²) in [4.78, 5) is 60.9. The van der Waals surface area contributed by atoms with Crippen LogP contribution in [0.4, 0.5) is 4.79 Å². The lowest BCUT2D eigenvalue weighted by molar-refractivity contribution is -0.138. The summed E-state index contributed by atoms with van der Waals surface area (Å²) < 4.78 is 16.9. The van der Waals surface area contributed by atoms with Gasteiger partial charge in [-0.05, 0) is 25.7 Å². The van der Waals surface area contributed by atoms with Crippen molar-refractivity contribution in [1.82, 2.24) is 25.0 Å². The number of carboxylic acids is 1. The molecule has 2 fully saturated rings. The maximum Gasteiger partial charge on any atom is 0.409 e. The summed E-state index contributed by atoms with van der Waals surface area (Å²) in [5, 5.41) is 12.1. The van der Waals surface area contributed by atoms with Crippen molar-refractivity contribution >= 4 is 23.9 Å². The van der Waals surface area contributed by atoms with Crippen LogP contribution in [0.5, 0.6) is 5.75 Å². The second-order valence-electron chi connectivity index (χ2n) is 11.5. The van der Waals surface area contributed by atoms with Crippen molar-refractivity contribution in [2.45, 2.75) is 57.6 Å². The Balaban J connectivity index is 1.47. The Morgan fingerprint density at radius 2 is 1.70 bits per heavy atom. The number of ether oxygens (including phenoxy) is 3. The van der Waals surface area contributed by atoms with Crippen LogP contribution in [0.15, 0.2) is 42.5 Å². The number of likely N-dealkylation sites (tertiary alicyclic amines) is 1. The molecule has 3 heterocycles. The van der Waals surface area contributed by atoms with Crippen LogP contribution in [-0.2, 0) is 19.1 Å². The number of amides is 3. The van der Waals surface area contributed by atoms with Crippen LogP contribution in [0.2, 0.25) is 0 Å². The summed E-state index contributed by atoms with van der Waals surface area (Å²) in [5.74, 6) is -1.62. The van der Waals surface area contributed by atoms with Crippen LogP contribution in [0.3, 0.4) is 0 Å². The number of methoxy groups -OCH3 is 1. The highest BCUT2D eigenvalue weighted by molar-refractivity contribution is 5.97. The smallest absolute Gasteiger partial charge is 0.409 e. The van der Waals surface area contributed by atoms with Crippen molar-refractivity contribution < 1.29 is 38.5 Å². The van der Waals surface area contributed by atoms with Gasteiger partial charge in [-0.1, -0.05) is 43.7 Å². The van der Waals surface area contributed by atoms with Crippen LogP contribution in [0, 0.1) is 0 Å². The van der Waals surface area contributed by atoms with Gasteiger partial charge in [-0.3, -0.25) is 19.3 Å². The predicted molar refractivity (Wildman–Crippen MR) is 169 cm³/mol. The molecule has 1 aromatic heterocycles. The molecule has 13 heteroatoms. The number of carbonyl (C=O) groups is 4. The van der Waals surface area contributed by atoms with Crippen molar-refractivity contribution in [3.05, 3.63) is 48.2 Å². The van der Waals surface area contributed by atoms with E-state index >= 15 is 0 Å². The first-order chi connectivity index (χ1) is 22.3. The molecule has 0 radical (unpaired) electrons. The molecule has 250 valence electrons. The van der Waals surface area contributed by atoms with Crippen molar-refractivity contribution in [2.24, 2.45) is 0 Å². The van der Waals surface area contributed by atoms with E-state index in [1.807, 2.05) is 37.3 Å². The second-order valence-corrected chi connectivity index (χ2v) is 11.5. The number of carboxylic acid groups (broad SMARTS) is 1. The lowest BCUT2D eigenvalue weighted by Gasteiger charge is -2.36. The molecule has 1 aromatic carbocycles. The average Bonchev–Trinajstić information content (AvgIpc) is 3.07. The van der Waals surface area contributed by atoms with E-state index in [2.05, 4.69) is 15.2 Å². The number of rotatable bonds is 14. The third-order valence-electron chi connectivity index (χ3n) is 8.07. The van der Waals surface area contributed by atoms with Crippen molar-refractivity contribution in [2.75, 3.05) is 59.7 Å². The number of unbranched alkanes of at least 4 members (excludes halogenated alkanes) is 1. The molecule has 13 nitrogen and oxygen atoms in total. The minimum absolute atomic E-state index is 0.0532. The molecule has 2 aliphatic heterocycles. The van der Waals surface area contributed by atoms with Crippen molar-refractivity contribution in [1.29, 1.82) is 0 Å². The molecule has 2 N–H and O–H groups in total. The summed E-state index contributed by atoms with van der Waals surface area (Å²) in [5.41, 5.74) is 1.39. The van der Waals surface area contributed by atoms with E-state index in [0.717, 1.165) is 44.3 Å². The zero-order valence-electron chi connectivity index (χ0n) is 26.7. The largest absolute Gasteiger partial charge is 0.490 e. The predicted octanol–water partition coefficient (Wildman–Crippen LogP) is 3.24. The maximum absolute atomic E-state index is 13.7. The molecule has 0 saturated carbocycles. The fourth-order valence-corrected chi connectivity index (χ4v) is 5.46. The maximum atomic E-state index is 13.7. The highest BCUT2D eigenvalue weighted by atomic mass is 16.6. The van der Waals surface area contributed by atoms with Gasteiger partial charge in [0.2, 0.25) is 5.91 Å². The van der Waals surface area contributed by atoms with Gasteiger partial charge in [0.25, 0.3) is 5.91 Å². The molecular formula is C33H45N5O8. The number of aliphatic carboxylic acids is 1. The van der Waals surface area contributed by atoms with E-state index in [0.29, 0.717) is 24.8 Å². The molecule has 3 amide bonds. The first-order valence-electron chi connectivity index (χ1n) is 16.0. The Hall–Kier alpha value is -4.23. The quantitative estimate of drug-likeness (QED) is 0.295. The molecule has 2 saturated heterocycles. The number of hydrogen-bond donors (Lipinski definition) is 2. The number of pyridine rings is 1. The number of aromatic nitrogens is 1. The number of carbonyl (C=O) groups excluding carboxylic acids is 3. The Morgan fingerprint density at radius 1 is 1.00 bits per heavy atom. The molecule has 0 aliphatic carbocycles. The highest BCUT2D eigenvalue weighted by Gasteiger charge is 2.31. The normalized spacial score (nSPS) is 16.5. The van der Waals surface area contributed by atoms with E-state index < -0.39 is 29.9 Å². The molecule has 4 rings (SSSR count). The van der Waals surface area contributed by atoms with E-state index in [4.69, 9.17) is 14.2 Å². The molecule has 1 atom stereocenters. The lowest BCUT2D eigenvalue weighted by atomic mass is 10.1. The molecule has 46 heavy (non-hydrogen) atoms. The van der Waals surface area contributed by atoms with Crippen molar-refractivity contribution in [3.8, 4) is 17.0 Å². The Kier molecular flexibility index (Phi) is 13.1. The van der Waals surface area contributed by atoms with Gasteiger partial charge >= 0.3 is 12.1 Å². The van der Waals surface area contributed by atoms with E-state index in [9.17, 15) is 24.3 Å². The van der Waals surface area contributed by atoms with Crippen LogP contribution in [-0.4, -0.2) is 121 Å². The standard InChI is InChI=1S/C33H45N5O8/c1-3-4-20-45-33(43)38-18-16-37(17-19-38)32(42)27(10-11-30(39)40)35-31(41)29-22-26(21-28(34-29)24-8-6-5-7-9-24)46-25-12-14-36(15-13-25)23-44-2/h5-9,21-22,25,27H,3-4,10-20,23H2,1-2H3,(H,35,41)(H,39,40)/t27-/m0/s1. The third-order valence-corrected chi connectivity index (χ3v) is 8.07. The summed E-state index contributed by atoms with van der Waals surface area (Å²) in [6, 6.07) is 11.7. The number of nitrogens with zero attached hydrogens (tertiary/aromatic N) is 4. The SMILES string of the molecule is CCCCOC(=O)N1CCN(C(=O)[C@H](CCC(=O)O)NC(=O)c2cc(OC3CCN(COC)CC3)cc(-c3ccccc3)n2)CC1. The van der Waals surface area contributed by atoms with E-state index in [1.54, 1.807) is 29.0 Å². The molecule has 0 spiro atoms. The van der Waals surface area contributed by atoms with E-state index in [1.165, 1.54) is 0 Å². The molecule has 0 bridgehead atoms. The highest BCUT2D eigenvalue weighted by Crippen LogP contribution is 2.26. The van der Waals surface area contributed by atoms with Gasteiger partial charge in [0.05, 0.1) is 19.0 Å². The summed E-state index contributed by atoms with van der Waals surface area (Å²) in [6.45, 7) is 5.60. The lowest BCUT2D eigenvalue weighted by Crippen LogP contribution is -2.56. The van der Waals surface area contributed by atoms with Gasteiger partial charge in [0, 0.05) is 70.5 Å². The van der Waals surface area contributed by atoms with Gasteiger partial charge in [0.1, 0.15) is 23.6 Å². The second kappa shape index (κ2) is 17.5. The van der Waals surface area contributed by atoms with Gasteiger partial charge in [-0.15, -0.1) is 0 Å². The van der Waals surface area contributed by atoms with Crippen LogP contribution in [0.1, 0.15) is 55.9 Å². The third kappa shape index (κ3) is 10.1. The number of benzene rings is 1. The molecule has 2 aromatic rings. The van der Waals surface area contributed by atoms with E-state index in [-0.39, 0.29) is 50.8 Å². The fourth-order valence-electron chi connectivity index (χ4n) is 5.46. The molecule has 0 unspecified atom stereocenters. The van der Waals surface area contributed by atoms with Gasteiger partial charge in [-0.2, -0.15) is 0 Å². The zero-order valence-corrected chi connectivity index (χ0v) is 26.7. The topological polar surface area (TPSA) is 151 Å². The Bertz CT molecular complexity index is 1310. The van der Waals surface area contributed by atoms with Crippen LogP contribution in [0.25, 0.3) is 11.3 Å². The fraction of sp³-hybridized carbons (Fsp3) is 0.545. The minimum atomic E-state index is -1.09. The first kappa shape index (κ1) is 34.6. The van der Waals surface area contributed by atoms with Gasteiger partial charge in [-0.25, -0.2) is 9.78 Å². The van der Waals surface area contributed by atoms with Crippen LogP contribution >= 0.6 is 0 Å². The zero-order chi connectivity index (χ0) is 32.9. The van der Waals surface area contributed by atoms with Gasteiger partial charge in [0.15, 0.2) is 0 Å². The molecule has 2 aliphatic rings. The van der Waals surface area contributed by atoms with Gasteiger partial charge < -0.3 is 34.4 Å². The first-order valence-corrected chi connectivity index (χ1v) is 16.0. The monoisotopic (exact) mass is 639 g/mol. The van der Waals surface area contributed by atoms with Crippen molar-refractivity contribution in [3.63, 3.8) is 0 Å². The molecular weight excluding hydrogens is 594 g/mol. The van der Waals surface area contributed by atoms with Crippen LogP contribution < -0.4 is 10.1 Å². The Labute approximate surface area is 269 Å². The average molecular weight is 640 g/mol. The number of nitrogens with one attached hydrogen (secondary N) is 1. The minimum Gasteiger partial charge on any atom is -0.490 e. The summed E-state index contributed by atoms with van der Waals surface area (Å²) in [7, 11) is 1.67. The number of piperidine rings is 1. The summed E-state index contributed by atoms with van der Waals surface area (Å²) in [6.07, 6.45) is 2.40. The number of hydrogen-bond acceptors (Lipinski definition) is 9. The Morgan fingerprint density at radius 3 is 2.35 bits per heavy atom. The number of piperazine rings is 1. The summed E-state index contributed by atoms with van der Waals surface area (Å²) >= 11 is 0.